The Balaban J connectivity index is 0.000000160. The van der Waals surface area contributed by atoms with E-state index in [1.807, 2.05) is 0 Å². The predicted molar refractivity (Wildman–Crippen MR) is 66.2 cm³/mol. The van der Waals surface area contributed by atoms with E-state index in [-0.39, 0.29) is 5.78 Å². The van der Waals surface area contributed by atoms with Crippen LogP contribution in [0.1, 0.15) is 26.2 Å². The Bertz CT molecular complexity index is 259. The minimum Gasteiger partial charge on any atom is -0.308 e. The Morgan fingerprint density at radius 1 is 1.38 bits per heavy atom. The van der Waals surface area contributed by atoms with E-state index in [1.165, 1.54) is 25.9 Å². The normalized spacial score (nSPS) is 22.5. The zero-order valence-corrected chi connectivity index (χ0v) is 10.4. The quantitative estimate of drug-likeness (QED) is 0.488. The smallest absolute Gasteiger partial charge is 0.219 e. The number of rotatable bonds is 0. The van der Waals surface area contributed by atoms with Gasteiger partial charge in [-0.25, -0.2) is 0 Å². The zero-order chi connectivity index (χ0) is 11.8. The minimum atomic E-state index is 0.00231. The van der Waals surface area contributed by atoms with Crippen LogP contribution in [0, 0.1) is 17.8 Å². The highest BCUT2D eigenvalue weighted by Gasteiger charge is 2.10. The Labute approximate surface area is 98.6 Å². The lowest BCUT2D eigenvalue weighted by Crippen LogP contribution is -2.28. The number of hydrogen-bond donors (Lipinski definition) is 1. The molecule has 0 radical (unpaired) electrons. The van der Waals surface area contributed by atoms with Gasteiger partial charge in [-0.2, -0.15) is 0 Å². The second kappa shape index (κ2) is 7.43. The molecule has 2 heterocycles. The van der Waals surface area contributed by atoms with Crippen molar-refractivity contribution in [1.29, 1.82) is 0 Å². The average Bonchev–Trinajstić information content (AvgIpc) is 2.51. The molecule has 0 saturated carbocycles. The molecule has 3 nitrogen and oxygen atoms in total. The molecule has 16 heavy (non-hydrogen) atoms. The van der Waals surface area contributed by atoms with Crippen LogP contribution in [0.25, 0.3) is 0 Å². The Kier molecular flexibility index (Phi) is 6.14. The van der Waals surface area contributed by atoms with Gasteiger partial charge in [0.05, 0.1) is 6.54 Å². The van der Waals surface area contributed by atoms with Gasteiger partial charge >= 0.3 is 0 Å². The number of hydrogen-bond acceptors (Lipinski definition) is 3. The van der Waals surface area contributed by atoms with Gasteiger partial charge in [0, 0.05) is 13.0 Å². The van der Waals surface area contributed by atoms with E-state index in [0.29, 0.717) is 6.54 Å². The summed E-state index contributed by atoms with van der Waals surface area (Å²) in [5.74, 6) is 6.21. The van der Waals surface area contributed by atoms with Crippen LogP contribution >= 0.6 is 0 Å². The van der Waals surface area contributed by atoms with Crippen LogP contribution in [0.5, 0.6) is 0 Å². The second-order valence-electron chi connectivity index (χ2n) is 4.64. The molecule has 2 rings (SSSR count). The summed E-state index contributed by atoms with van der Waals surface area (Å²) in [6, 6.07) is 0. The van der Waals surface area contributed by atoms with Crippen molar-refractivity contribution in [2.24, 2.45) is 5.92 Å². The average molecular weight is 222 g/mol. The molecule has 0 aromatic heterocycles. The molecule has 0 amide bonds. The molecule has 0 aliphatic carbocycles. The molecule has 0 unspecified atom stereocenters. The van der Waals surface area contributed by atoms with Gasteiger partial charge in [0.2, 0.25) is 5.78 Å². The Morgan fingerprint density at radius 3 is 2.69 bits per heavy atom. The van der Waals surface area contributed by atoms with Crippen molar-refractivity contribution >= 4 is 5.78 Å². The van der Waals surface area contributed by atoms with E-state index >= 15 is 0 Å². The van der Waals surface area contributed by atoms with Gasteiger partial charge in [0.25, 0.3) is 0 Å². The summed E-state index contributed by atoms with van der Waals surface area (Å²) in [6.45, 7) is 6.22. The first kappa shape index (κ1) is 13.2. The molecular formula is C13H22N2O. The van der Waals surface area contributed by atoms with E-state index in [4.69, 9.17) is 0 Å². The number of nitrogens with one attached hydrogen (secondary N) is 1. The second-order valence-corrected chi connectivity index (χ2v) is 4.64. The van der Waals surface area contributed by atoms with E-state index in [1.54, 1.807) is 0 Å². The lowest BCUT2D eigenvalue weighted by atomic mass is 10.00. The Hall–Kier alpha value is -0.850. The highest BCUT2D eigenvalue weighted by Crippen LogP contribution is 2.13. The van der Waals surface area contributed by atoms with Crippen molar-refractivity contribution in [2.75, 3.05) is 33.2 Å². The lowest BCUT2D eigenvalue weighted by Gasteiger charge is -2.26. The highest BCUT2D eigenvalue weighted by atomic mass is 16.1. The number of Topliss-reactive ketones (excluding diaryl/α,β-unsaturated/α-hetero) is 1. The number of likely N-dealkylation sites (tertiary alicyclic amines) is 1. The summed E-state index contributed by atoms with van der Waals surface area (Å²) in [7, 11) is 2.20. The standard InChI is InChI=1S/C7H15N.C6H7NO/c1-7-3-5-8(2)6-4-7;8-6-3-1-2-4-7-5-6/h7H,3-6H2,1-2H3;7H,2,4-5H2. The first-order chi connectivity index (χ1) is 7.68. The fraction of sp³-hybridized carbons (Fsp3) is 0.769. The third-order valence-electron chi connectivity index (χ3n) is 2.95. The van der Waals surface area contributed by atoms with Crippen molar-refractivity contribution in [3.63, 3.8) is 0 Å². The van der Waals surface area contributed by atoms with Crippen molar-refractivity contribution in [1.82, 2.24) is 10.2 Å². The molecule has 1 N–H and O–H groups in total. The first-order valence-corrected chi connectivity index (χ1v) is 6.09. The van der Waals surface area contributed by atoms with Gasteiger partial charge < -0.3 is 10.2 Å². The molecule has 0 aromatic rings. The monoisotopic (exact) mass is 222 g/mol. The summed E-state index contributed by atoms with van der Waals surface area (Å²) in [5, 5.41) is 2.92. The van der Waals surface area contributed by atoms with Gasteiger partial charge in [0.1, 0.15) is 0 Å². The van der Waals surface area contributed by atoms with Crippen molar-refractivity contribution in [3.8, 4) is 11.8 Å². The van der Waals surface area contributed by atoms with Crippen molar-refractivity contribution in [2.45, 2.75) is 26.2 Å². The van der Waals surface area contributed by atoms with Gasteiger partial charge in [-0.05, 0) is 44.8 Å². The van der Waals surface area contributed by atoms with Crippen LogP contribution in [0.2, 0.25) is 0 Å². The fourth-order valence-corrected chi connectivity index (χ4v) is 1.70. The molecule has 0 aromatic carbocycles. The Morgan fingerprint density at radius 2 is 2.06 bits per heavy atom. The molecule has 90 valence electrons. The summed E-state index contributed by atoms with van der Waals surface area (Å²) in [4.78, 5) is 12.8. The molecule has 1 fully saturated rings. The van der Waals surface area contributed by atoms with Crippen molar-refractivity contribution in [3.05, 3.63) is 0 Å². The van der Waals surface area contributed by atoms with Crippen LogP contribution in [0.3, 0.4) is 0 Å². The van der Waals surface area contributed by atoms with Crippen LogP contribution in [-0.4, -0.2) is 43.9 Å². The first-order valence-electron chi connectivity index (χ1n) is 6.09. The number of ketones is 1. The molecule has 0 bridgehead atoms. The van der Waals surface area contributed by atoms with Gasteiger partial charge in [-0.3, -0.25) is 4.79 Å². The third kappa shape index (κ3) is 5.89. The topological polar surface area (TPSA) is 32.3 Å². The van der Waals surface area contributed by atoms with E-state index in [9.17, 15) is 4.79 Å². The maximum atomic E-state index is 10.4. The molecule has 0 spiro atoms. The largest absolute Gasteiger partial charge is 0.308 e. The van der Waals surface area contributed by atoms with Crippen LogP contribution in [-0.2, 0) is 4.79 Å². The fourth-order valence-electron chi connectivity index (χ4n) is 1.70. The summed E-state index contributed by atoms with van der Waals surface area (Å²) in [5.41, 5.74) is 0. The molecule has 3 heteroatoms. The SMILES string of the molecule is CC1CCN(C)CC1.O=C1C#CCCNC1. The molecular weight excluding hydrogens is 200 g/mol. The van der Waals surface area contributed by atoms with Gasteiger partial charge in [-0.1, -0.05) is 12.8 Å². The maximum absolute atomic E-state index is 10.4. The summed E-state index contributed by atoms with van der Waals surface area (Å²) >= 11 is 0. The third-order valence-corrected chi connectivity index (χ3v) is 2.95. The van der Waals surface area contributed by atoms with Crippen molar-refractivity contribution < 1.29 is 4.79 Å². The van der Waals surface area contributed by atoms with E-state index < -0.39 is 0 Å². The molecule has 0 atom stereocenters. The zero-order valence-electron chi connectivity index (χ0n) is 10.4. The molecule has 2 aliphatic heterocycles. The minimum absolute atomic E-state index is 0.00231. The number of piperidine rings is 1. The number of nitrogens with zero attached hydrogens (tertiary/aromatic N) is 1. The lowest BCUT2D eigenvalue weighted by molar-refractivity contribution is -0.113. The summed E-state index contributed by atoms with van der Waals surface area (Å²) in [6.07, 6.45) is 3.60. The van der Waals surface area contributed by atoms with E-state index in [0.717, 1.165) is 18.9 Å². The van der Waals surface area contributed by atoms with Gasteiger partial charge in [-0.15, -0.1) is 0 Å². The number of carbonyl (C=O) groups excluding carboxylic acids is 1. The molecule has 2 aliphatic rings. The predicted octanol–water partition coefficient (Wildman–Crippen LogP) is 0.900. The number of carbonyl (C=O) groups is 1. The maximum Gasteiger partial charge on any atom is 0.219 e. The van der Waals surface area contributed by atoms with Crippen LogP contribution in [0.4, 0.5) is 0 Å². The highest BCUT2D eigenvalue weighted by molar-refractivity contribution is 5.97. The van der Waals surface area contributed by atoms with Crippen LogP contribution in [0.15, 0.2) is 0 Å². The van der Waals surface area contributed by atoms with Gasteiger partial charge in [0.15, 0.2) is 0 Å². The van der Waals surface area contributed by atoms with Crippen LogP contribution < -0.4 is 5.32 Å². The molecule has 1 saturated heterocycles. The van der Waals surface area contributed by atoms with E-state index in [2.05, 4.69) is 36.0 Å². The summed E-state index contributed by atoms with van der Waals surface area (Å²) < 4.78 is 0.